The molecule has 1 fully saturated rings. The lowest BCUT2D eigenvalue weighted by molar-refractivity contribution is 0.0166. The normalized spacial score (nSPS) is 23.0. The van der Waals surface area contributed by atoms with Crippen molar-refractivity contribution in [2.45, 2.75) is 37.6 Å². The first-order valence-electron chi connectivity index (χ1n) is 7.54. The van der Waals surface area contributed by atoms with Crippen LogP contribution in [0.15, 0.2) is 16.4 Å². The zero-order chi connectivity index (χ0) is 16.3. The lowest BCUT2D eigenvalue weighted by atomic mass is 10.1. The van der Waals surface area contributed by atoms with E-state index >= 15 is 0 Å². The summed E-state index contributed by atoms with van der Waals surface area (Å²) < 4.78 is 5.39. The van der Waals surface area contributed by atoms with Crippen molar-refractivity contribution in [3.05, 3.63) is 11.4 Å². The fourth-order valence-corrected chi connectivity index (χ4v) is 3.00. The number of alkyl halides is 1. The van der Waals surface area contributed by atoms with E-state index in [-0.39, 0.29) is 17.5 Å². The highest BCUT2D eigenvalue weighted by Crippen LogP contribution is 2.24. The van der Waals surface area contributed by atoms with Gasteiger partial charge in [0.25, 0.3) is 0 Å². The highest BCUT2D eigenvalue weighted by atomic mass is 79.9. The number of aliphatic hydroxyl groups excluding tert-OH is 1. The zero-order valence-corrected chi connectivity index (χ0v) is 15.0. The lowest BCUT2D eigenvalue weighted by Crippen LogP contribution is -2.49. The van der Waals surface area contributed by atoms with Crippen LogP contribution in [0.2, 0.25) is 0 Å². The molecule has 1 atom stereocenters. The number of hydrogen-bond donors (Lipinski definition) is 1. The molecule has 0 aromatic carbocycles. The molecule has 2 heterocycles. The third-order valence-electron chi connectivity index (χ3n) is 3.54. The largest absolute Gasteiger partial charge is 0.444 e. The highest BCUT2D eigenvalue weighted by molar-refractivity contribution is 9.10. The maximum atomic E-state index is 12.1. The number of carbonyl (C=O) groups is 1. The third-order valence-corrected chi connectivity index (χ3v) is 4.10. The Morgan fingerprint density at radius 3 is 2.59 bits per heavy atom. The van der Waals surface area contributed by atoms with Crippen molar-refractivity contribution in [1.82, 2.24) is 9.80 Å². The molecular weight excluding hydrogens is 350 g/mol. The summed E-state index contributed by atoms with van der Waals surface area (Å²) in [6, 6.07) is 0. The number of amides is 1. The lowest BCUT2D eigenvalue weighted by Gasteiger charge is -2.38. The van der Waals surface area contributed by atoms with E-state index in [1.165, 1.54) is 0 Å². The van der Waals surface area contributed by atoms with Gasteiger partial charge in [0.05, 0.1) is 11.4 Å². The van der Waals surface area contributed by atoms with E-state index < -0.39 is 5.60 Å². The third kappa shape index (κ3) is 4.46. The molecule has 6 nitrogen and oxygen atoms in total. The van der Waals surface area contributed by atoms with Crippen LogP contribution in [0.5, 0.6) is 0 Å². The van der Waals surface area contributed by atoms with Crippen molar-refractivity contribution in [1.29, 1.82) is 0 Å². The first-order chi connectivity index (χ1) is 10.3. The topological polar surface area (TPSA) is 65.4 Å². The molecule has 0 aromatic rings. The van der Waals surface area contributed by atoms with E-state index in [1.54, 1.807) is 4.90 Å². The van der Waals surface area contributed by atoms with E-state index in [2.05, 4.69) is 25.8 Å². The van der Waals surface area contributed by atoms with Gasteiger partial charge in [-0.25, -0.2) is 9.79 Å². The van der Waals surface area contributed by atoms with Gasteiger partial charge in [0.1, 0.15) is 11.4 Å². The van der Waals surface area contributed by atoms with Gasteiger partial charge in [-0.2, -0.15) is 0 Å². The fourth-order valence-electron chi connectivity index (χ4n) is 2.49. The monoisotopic (exact) mass is 373 g/mol. The van der Waals surface area contributed by atoms with Crippen LogP contribution in [-0.4, -0.2) is 70.4 Å². The smallest absolute Gasteiger partial charge is 0.410 e. The number of hydrogen-bond acceptors (Lipinski definition) is 5. The molecule has 1 saturated heterocycles. The Hall–Kier alpha value is -1.08. The highest BCUT2D eigenvalue weighted by Gasteiger charge is 2.28. The van der Waals surface area contributed by atoms with Crippen LogP contribution in [0.25, 0.3) is 0 Å². The number of aliphatic imine (C=N–C) groups is 1. The average Bonchev–Trinajstić information content (AvgIpc) is 2.45. The number of nitrogens with zero attached hydrogens (tertiary/aromatic N) is 3. The quantitative estimate of drug-likeness (QED) is 0.751. The van der Waals surface area contributed by atoms with Crippen molar-refractivity contribution in [2.75, 3.05) is 32.8 Å². The molecular formula is C15H24BrN3O3. The average molecular weight is 374 g/mol. The Morgan fingerprint density at radius 2 is 2.05 bits per heavy atom. The molecule has 22 heavy (non-hydrogen) atoms. The van der Waals surface area contributed by atoms with Gasteiger partial charge in [-0.1, -0.05) is 15.9 Å². The van der Waals surface area contributed by atoms with Gasteiger partial charge in [0.15, 0.2) is 0 Å². The Bertz CT molecular complexity index is 477. The second-order valence-electron chi connectivity index (χ2n) is 6.54. The molecule has 0 aliphatic carbocycles. The van der Waals surface area contributed by atoms with Crippen LogP contribution in [0.4, 0.5) is 4.79 Å². The van der Waals surface area contributed by atoms with E-state index in [9.17, 15) is 9.90 Å². The minimum Gasteiger partial charge on any atom is -0.444 e. The molecule has 7 heteroatoms. The van der Waals surface area contributed by atoms with Crippen LogP contribution in [0.3, 0.4) is 0 Å². The molecule has 2 rings (SSSR count). The van der Waals surface area contributed by atoms with Crippen molar-refractivity contribution >= 4 is 28.2 Å². The summed E-state index contributed by atoms with van der Waals surface area (Å²) >= 11 is 3.49. The number of halogens is 1. The predicted octanol–water partition coefficient (Wildman–Crippen LogP) is 1.98. The summed E-state index contributed by atoms with van der Waals surface area (Å²) in [5.41, 5.74) is 0.467. The van der Waals surface area contributed by atoms with Gasteiger partial charge in [-0.05, 0) is 32.8 Å². The molecule has 0 spiro atoms. The van der Waals surface area contributed by atoms with Crippen molar-refractivity contribution in [2.24, 2.45) is 4.99 Å². The molecule has 0 saturated carbocycles. The molecule has 124 valence electrons. The van der Waals surface area contributed by atoms with Gasteiger partial charge in [-0.3, -0.25) is 0 Å². The second kappa shape index (κ2) is 7.00. The minimum absolute atomic E-state index is 0.0149. The maximum Gasteiger partial charge on any atom is 0.410 e. The number of ether oxygens (including phenoxy) is 1. The minimum atomic E-state index is -0.473. The van der Waals surface area contributed by atoms with E-state index in [0.717, 1.165) is 17.8 Å². The van der Waals surface area contributed by atoms with Gasteiger partial charge in [0, 0.05) is 32.4 Å². The zero-order valence-electron chi connectivity index (χ0n) is 13.4. The SMILES string of the molecule is CC(C)(C)OC(=O)N1CCN(C2=C(CO)CC(Br)C=N2)CC1. The molecule has 2 aliphatic rings. The Morgan fingerprint density at radius 1 is 1.41 bits per heavy atom. The summed E-state index contributed by atoms with van der Waals surface area (Å²) in [5.74, 6) is 0.849. The van der Waals surface area contributed by atoms with Crippen LogP contribution in [0, 0.1) is 0 Å². The molecule has 1 amide bonds. The van der Waals surface area contributed by atoms with Crippen LogP contribution in [-0.2, 0) is 4.74 Å². The second-order valence-corrected chi connectivity index (χ2v) is 7.71. The number of aliphatic hydroxyl groups is 1. The number of piperazine rings is 1. The number of carbonyl (C=O) groups excluding carboxylic acids is 1. The summed E-state index contributed by atoms with van der Waals surface area (Å²) in [7, 11) is 0. The van der Waals surface area contributed by atoms with Gasteiger partial charge in [0.2, 0.25) is 0 Å². The standard InChI is InChI=1S/C15H24BrN3O3/c1-15(2,3)22-14(21)19-6-4-18(5-7-19)13-11(10-20)8-12(16)9-17-13/h9,12,20H,4-8,10H2,1-3H3. The Kier molecular flexibility index (Phi) is 5.50. The maximum absolute atomic E-state index is 12.1. The van der Waals surface area contributed by atoms with Crippen LogP contribution < -0.4 is 0 Å². The summed E-state index contributed by atoms with van der Waals surface area (Å²) in [6.07, 6.45) is 2.35. The fraction of sp³-hybridized carbons (Fsp3) is 0.733. The molecule has 1 N–H and O–H groups in total. The summed E-state index contributed by atoms with van der Waals surface area (Å²) in [4.78, 5) is 20.5. The summed E-state index contributed by atoms with van der Waals surface area (Å²) in [5, 5.41) is 9.51. The van der Waals surface area contributed by atoms with Crippen LogP contribution in [0.1, 0.15) is 27.2 Å². The van der Waals surface area contributed by atoms with Crippen LogP contribution >= 0.6 is 15.9 Å². The Labute approximate surface area is 139 Å². The molecule has 1 unspecified atom stereocenters. The summed E-state index contributed by atoms with van der Waals surface area (Å²) in [6.45, 7) is 8.22. The predicted molar refractivity (Wildman–Crippen MR) is 89.3 cm³/mol. The van der Waals surface area contributed by atoms with Gasteiger partial charge < -0.3 is 19.6 Å². The van der Waals surface area contributed by atoms with Gasteiger partial charge >= 0.3 is 6.09 Å². The molecule has 0 aromatic heterocycles. The van der Waals surface area contributed by atoms with E-state index in [1.807, 2.05) is 27.0 Å². The number of rotatable bonds is 2. The first kappa shape index (κ1) is 17.3. The van der Waals surface area contributed by atoms with Gasteiger partial charge in [-0.15, -0.1) is 0 Å². The van der Waals surface area contributed by atoms with Crippen molar-refractivity contribution < 1.29 is 14.6 Å². The molecule has 0 radical (unpaired) electrons. The van der Waals surface area contributed by atoms with E-state index in [4.69, 9.17) is 4.74 Å². The first-order valence-corrected chi connectivity index (χ1v) is 8.46. The molecule has 2 aliphatic heterocycles. The van der Waals surface area contributed by atoms with Crippen molar-refractivity contribution in [3.63, 3.8) is 0 Å². The van der Waals surface area contributed by atoms with Crippen molar-refractivity contribution in [3.8, 4) is 0 Å². The van der Waals surface area contributed by atoms with E-state index in [0.29, 0.717) is 26.2 Å². The Balaban J connectivity index is 1.95. The molecule has 0 bridgehead atoms.